The Morgan fingerprint density at radius 3 is 2.09 bits per heavy atom. The Labute approximate surface area is 193 Å². The largest absolute Gasteiger partial charge is 0.479 e. The number of amidine groups is 1. The molecule has 0 spiro atoms. The molecule has 33 heavy (non-hydrogen) atoms. The van der Waals surface area contributed by atoms with Crippen molar-refractivity contribution in [2.24, 2.45) is 23.0 Å². The minimum Gasteiger partial charge on any atom is -0.479 e. The molecule has 1 saturated carbocycles. The van der Waals surface area contributed by atoms with Gasteiger partial charge in [-0.25, -0.2) is 4.79 Å². The van der Waals surface area contributed by atoms with Crippen molar-refractivity contribution in [3.63, 3.8) is 0 Å². The summed E-state index contributed by atoms with van der Waals surface area (Å²) in [5, 5.41) is 23.2. The van der Waals surface area contributed by atoms with Gasteiger partial charge in [0, 0.05) is 17.7 Å². The Morgan fingerprint density at radius 2 is 1.58 bits per heavy atom. The Morgan fingerprint density at radius 1 is 1.00 bits per heavy atom. The lowest BCUT2D eigenvalue weighted by molar-refractivity contribution is -0.153. The molecule has 8 nitrogen and oxygen atoms in total. The maximum atomic E-state index is 13.1. The van der Waals surface area contributed by atoms with Crippen LogP contribution in [-0.2, 0) is 20.8 Å². The van der Waals surface area contributed by atoms with E-state index in [1.807, 2.05) is 30.3 Å². The summed E-state index contributed by atoms with van der Waals surface area (Å²) in [7, 11) is 0. The first-order valence-electron chi connectivity index (χ1n) is 10.8. The van der Waals surface area contributed by atoms with Crippen LogP contribution in [0.3, 0.4) is 0 Å². The Bertz CT molecular complexity index is 1060. The molecular weight excluding hydrogens is 420 g/mol. The second-order valence-electron chi connectivity index (χ2n) is 9.54. The number of carbonyl (C=O) groups is 3. The number of aliphatic carboxylic acids is 1. The molecule has 0 aromatic heterocycles. The first-order chi connectivity index (χ1) is 15.4. The zero-order chi connectivity index (χ0) is 24.4. The summed E-state index contributed by atoms with van der Waals surface area (Å²) in [6.45, 7) is 5.35. The number of anilines is 1. The highest BCUT2D eigenvalue weighted by atomic mass is 16.4. The van der Waals surface area contributed by atoms with Gasteiger partial charge in [-0.05, 0) is 41.7 Å². The lowest BCUT2D eigenvalue weighted by Crippen LogP contribution is -2.64. The van der Waals surface area contributed by atoms with Crippen molar-refractivity contribution in [3.05, 3.63) is 65.7 Å². The molecule has 1 aliphatic rings. The molecule has 2 unspecified atom stereocenters. The third kappa shape index (κ3) is 5.22. The van der Waals surface area contributed by atoms with E-state index in [9.17, 15) is 19.5 Å². The standard InChI is InChI=1S/C25H30N4O4/c1-24(2,3)25(23(32)33,14-15-7-5-4-6-8-15)29-22(31)19-13-18(19)21(30)28-17-11-9-16(10-12-17)20(26)27/h4-12,18-19H,13-14H2,1-3H3,(H3,26,27)(H,28,30)(H,29,31)(H,32,33)/t18?,19?,25-/m1/s1. The highest BCUT2D eigenvalue weighted by Crippen LogP contribution is 2.42. The average molecular weight is 451 g/mol. The van der Waals surface area contributed by atoms with Crippen LogP contribution in [0, 0.1) is 22.7 Å². The molecule has 174 valence electrons. The van der Waals surface area contributed by atoms with Crippen LogP contribution in [0.5, 0.6) is 0 Å². The number of hydrogen-bond acceptors (Lipinski definition) is 4. The lowest BCUT2D eigenvalue weighted by Gasteiger charge is -2.42. The molecule has 1 fully saturated rings. The molecule has 2 amide bonds. The maximum Gasteiger partial charge on any atom is 0.330 e. The van der Waals surface area contributed by atoms with Gasteiger partial charge >= 0.3 is 5.97 Å². The topological polar surface area (TPSA) is 145 Å². The van der Waals surface area contributed by atoms with E-state index >= 15 is 0 Å². The van der Waals surface area contributed by atoms with Gasteiger partial charge in [-0.15, -0.1) is 0 Å². The van der Waals surface area contributed by atoms with Crippen molar-refractivity contribution in [1.82, 2.24) is 5.32 Å². The van der Waals surface area contributed by atoms with E-state index in [0.29, 0.717) is 17.7 Å². The molecule has 0 saturated heterocycles. The molecule has 6 N–H and O–H groups in total. The van der Waals surface area contributed by atoms with Crippen molar-refractivity contribution in [2.75, 3.05) is 5.32 Å². The molecule has 0 bridgehead atoms. The molecular formula is C25H30N4O4. The Hall–Kier alpha value is -3.68. The number of amides is 2. The van der Waals surface area contributed by atoms with E-state index in [0.717, 1.165) is 5.56 Å². The van der Waals surface area contributed by atoms with Gasteiger partial charge < -0.3 is 21.5 Å². The van der Waals surface area contributed by atoms with E-state index in [2.05, 4.69) is 10.6 Å². The smallest absolute Gasteiger partial charge is 0.330 e. The second-order valence-corrected chi connectivity index (χ2v) is 9.54. The van der Waals surface area contributed by atoms with Crippen LogP contribution < -0.4 is 16.4 Å². The number of nitrogens with two attached hydrogens (primary N) is 1. The summed E-state index contributed by atoms with van der Waals surface area (Å²) in [5.74, 6) is -3.03. The molecule has 1 aliphatic carbocycles. The van der Waals surface area contributed by atoms with Gasteiger partial charge in [-0.1, -0.05) is 51.1 Å². The van der Waals surface area contributed by atoms with Gasteiger partial charge in [-0.3, -0.25) is 15.0 Å². The molecule has 8 heteroatoms. The lowest BCUT2D eigenvalue weighted by atomic mass is 9.70. The Kier molecular flexibility index (Phi) is 6.58. The first-order valence-corrected chi connectivity index (χ1v) is 10.8. The van der Waals surface area contributed by atoms with Gasteiger partial charge in [-0.2, -0.15) is 0 Å². The van der Waals surface area contributed by atoms with E-state index < -0.39 is 34.7 Å². The average Bonchev–Trinajstić information content (AvgIpc) is 3.54. The van der Waals surface area contributed by atoms with Crippen LogP contribution in [0.25, 0.3) is 0 Å². The summed E-state index contributed by atoms with van der Waals surface area (Å²) in [5.41, 5.74) is 5.00. The van der Waals surface area contributed by atoms with Crippen LogP contribution in [0.1, 0.15) is 38.3 Å². The van der Waals surface area contributed by atoms with Crippen molar-refractivity contribution < 1.29 is 19.5 Å². The number of benzene rings is 2. The van der Waals surface area contributed by atoms with Crippen molar-refractivity contribution in [1.29, 1.82) is 5.41 Å². The van der Waals surface area contributed by atoms with Crippen LogP contribution in [0.15, 0.2) is 54.6 Å². The molecule has 3 rings (SSSR count). The van der Waals surface area contributed by atoms with Crippen LogP contribution in [0.4, 0.5) is 5.69 Å². The number of hydrogen-bond donors (Lipinski definition) is 5. The fraction of sp³-hybridized carbons (Fsp3) is 0.360. The number of rotatable bonds is 8. The zero-order valence-electron chi connectivity index (χ0n) is 19.0. The van der Waals surface area contributed by atoms with Gasteiger partial charge in [0.2, 0.25) is 11.8 Å². The molecule has 3 atom stereocenters. The van der Waals surface area contributed by atoms with Gasteiger partial charge in [0.15, 0.2) is 0 Å². The molecule has 0 heterocycles. The van der Waals surface area contributed by atoms with Crippen molar-refractivity contribution in [3.8, 4) is 0 Å². The normalized spacial score (nSPS) is 19.1. The van der Waals surface area contributed by atoms with Crippen molar-refractivity contribution in [2.45, 2.75) is 39.2 Å². The van der Waals surface area contributed by atoms with Gasteiger partial charge in [0.1, 0.15) is 11.4 Å². The third-order valence-electron chi connectivity index (χ3n) is 6.22. The van der Waals surface area contributed by atoms with Crippen LogP contribution >= 0.6 is 0 Å². The van der Waals surface area contributed by atoms with Crippen LogP contribution in [-0.4, -0.2) is 34.3 Å². The minimum absolute atomic E-state index is 0.0666. The summed E-state index contributed by atoms with van der Waals surface area (Å²) in [6.07, 6.45) is 0.485. The second kappa shape index (κ2) is 9.05. The van der Waals surface area contributed by atoms with E-state index in [-0.39, 0.29) is 18.2 Å². The zero-order valence-corrected chi connectivity index (χ0v) is 19.0. The maximum absolute atomic E-state index is 13.1. The van der Waals surface area contributed by atoms with E-state index in [4.69, 9.17) is 11.1 Å². The van der Waals surface area contributed by atoms with Crippen LogP contribution in [0.2, 0.25) is 0 Å². The summed E-state index contributed by atoms with van der Waals surface area (Å²) >= 11 is 0. The summed E-state index contributed by atoms with van der Waals surface area (Å²) in [4.78, 5) is 38.1. The first kappa shape index (κ1) is 24.0. The van der Waals surface area contributed by atoms with Gasteiger partial charge in [0.05, 0.1) is 11.8 Å². The van der Waals surface area contributed by atoms with E-state index in [1.165, 1.54) is 0 Å². The van der Waals surface area contributed by atoms with Gasteiger partial charge in [0.25, 0.3) is 0 Å². The summed E-state index contributed by atoms with van der Waals surface area (Å²) in [6, 6.07) is 15.7. The van der Waals surface area contributed by atoms with E-state index in [1.54, 1.807) is 45.0 Å². The SMILES string of the molecule is CC(C)(C)[C@](Cc1ccccc1)(NC(=O)C1CC1C(=O)Nc1ccc(C(=N)N)cc1)C(=O)O. The quantitative estimate of drug-likeness (QED) is 0.310. The predicted octanol–water partition coefficient (Wildman–Crippen LogP) is 2.77. The number of nitrogen functional groups attached to an aromatic ring is 1. The highest BCUT2D eigenvalue weighted by Gasteiger charge is 2.54. The minimum atomic E-state index is -1.53. The summed E-state index contributed by atoms with van der Waals surface area (Å²) < 4.78 is 0. The predicted molar refractivity (Wildman–Crippen MR) is 126 cm³/mol. The molecule has 2 aromatic carbocycles. The number of nitrogens with one attached hydrogen (secondary N) is 3. The molecule has 0 radical (unpaired) electrons. The number of carboxylic acids is 1. The van der Waals surface area contributed by atoms with Crippen molar-refractivity contribution >= 4 is 29.3 Å². The fourth-order valence-electron chi connectivity index (χ4n) is 3.89. The third-order valence-corrected chi connectivity index (χ3v) is 6.22. The fourth-order valence-corrected chi connectivity index (χ4v) is 3.89. The molecule has 0 aliphatic heterocycles. The highest BCUT2D eigenvalue weighted by molar-refractivity contribution is 6.01. The molecule has 2 aromatic rings. The number of carboxylic acid groups (broad SMARTS) is 1. The number of carbonyl (C=O) groups excluding carboxylic acids is 2. The monoisotopic (exact) mass is 450 g/mol. The Balaban J connectivity index is 1.71.